The Labute approximate surface area is 147 Å². The summed E-state index contributed by atoms with van der Waals surface area (Å²) in [6.45, 7) is 1.96. The Hall–Kier alpha value is -1.89. The number of anilines is 1. The van der Waals surface area contributed by atoms with E-state index in [1.807, 2.05) is 31.2 Å². The average Bonchev–Trinajstić information content (AvgIpc) is 2.54. The summed E-state index contributed by atoms with van der Waals surface area (Å²) >= 11 is 6.12. The van der Waals surface area contributed by atoms with Crippen molar-refractivity contribution in [1.82, 2.24) is 4.31 Å². The van der Waals surface area contributed by atoms with Gasteiger partial charge in [-0.2, -0.15) is 0 Å². The second-order valence-electron chi connectivity index (χ2n) is 5.63. The molecule has 0 spiro atoms. The molecule has 0 atom stereocenters. The van der Waals surface area contributed by atoms with Crippen molar-refractivity contribution < 1.29 is 13.2 Å². The van der Waals surface area contributed by atoms with Gasteiger partial charge in [-0.25, -0.2) is 12.7 Å². The number of hydrogen-bond donors (Lipinski definition) is 0. The molecule has 0 N–H and O–H groups in total. The van der Waals surface area contributed by atoms with Gasteiger partial charge in [-0.1, -0.05) is 29.3 Å². The largest absolute Gasteiger partial charge is 0.311 e. The summed E-state index contributed by atoms with van der Waals surface area (Å²) in [5.74, 6) is -0.375. The molecule has 7 heteroatoms. The standard InChI is InChI=1S/C17H19ClN2O3S/c1-12-5-7-13(8-6-12)20(4)17(21)15-11-14(9-10-16(15)18)24(22,23)19(2)3/h5-11H,1-4H3. The van der Waals surface area contributed by atoms with Crippen molar-refractivity contribution in [3.05, 3.63) is 58.6 Å². The number of hydrogen-bond acceptors (Lipinski definition) is 3. The molecule has 1 amide bonds. The number of aryl methyl sites for hydroxylation is 1. The first kappa shape index (κ1) is 18.4. The minimum Gasteiger partial charge on any atom is -0.311 e. The molecular formula is C17H19ClN2O3S. The zero-order valence-corrected chi connectivity index (χ0v) is 15.5. The second kappa shape index (κ2) is 6.93. The summed E-state index contributed by atoms with van der Waals surface area (Å²) in [7, 11) is 0.849. The Kier molecular flexibility index (Phi) is 5.32. The monoisotopic (exact) mass is 366 g/mol. The lowest BCUT2D eigenvalue weighted by Gasteiger charge is -2.19. The van der Waals surface area contributed by atoms with E-state index >= 15 is 0 Å². The molecule has 0 saturated carbocycles. The van der Waals surface area contributed by atoms with Crippen LogP contribution in [-0.4, -0.2) is 39.8 Å². The molecule has 5 nitrogen and oxygen atoms in total. The molecule has 0 aliphatic carbocycles. The van der Waals surface area contributed by atoms with Crippen LogP contribution in [0.3, 0.4) is 0 Å². The van der Waals surface area contributed by atoms with E-state index in [1.165, 1.54) is 37.2 Å². The summed E-state index contributed by atoms with van der Waals surface area (Å²) in [6.07, 6.45) is 0. The van der Waals surface area contributed by atoms with Gasteiger partial charge in [-0.3, -0.25) is 4.79 Å². The van der Waals surface area contributed by atoms with Gasteiger partial charge in [0.1, 0.15) is 0 Å². The van der Waals surface area contributed by atoms with Gasteiger partial charge < -0.3 is 4.90 Å². The molecule has 0 aromatic heterocycles. The lowest BCUT2D eigenvalue weighted by molar-refractivity contribution is 0.0993. The predicted octanol–water partition coefficient (Wildman–Crippen LogP) is 3.18. The van der Waals surface area contributed by atoms with Crippen LogP contribution < -0.4 is 4.90 Å². The fraction of sp³-hybridized carbons (Fsp3) is 0.235. The van der Waals surface area contributed by atoms with Crippen LogP contribution in [0.4, 0.5) is 5.69 Å². The number of amides is 1. The van der Waals surface area contributed by atoms with Crippen molar-refractivity contribution in [2.24, 2.45) is 0 Å². The minimum absolute atomic E-state index is 0.0255. The van der Waals surface area contributed by atoms with Crippen LogP contribution in [-0.2, 0) is 10.0 Å². The van der Waals surface area contributed by atoms with E-state index in [4.69, 9.17) is 11.6 Å². The highest BCUT2D eigenvalue weighted by Gasteiger charge is 2.22. The molecule has 0 bridgehead atoms. The first-order chi connectivity index (χ1) is 11.1. The maximum Gasteiger partial charge on any atom is 0.259 e. The maximum absolute atomic E-state index is 12.7. The van der Waals surface area contributed by atoms with Crippen molar-refractivity contribution in [3.8, 4) is 0 Å². The van der Waals surface area contributed by atoms with Crippen molar-refractivity contribution in [3.63, 3.8) is 0 Å². The lowest BCUT2D eigenvalue weighted by atomic mass is 10.1. The Morgan fingerprint density at radius 3 is 2.12 bits per heavy atom. The van der Waals surface area contributed by atoms with E-state index in [0.29, 0.717) is 5.69 Å². The third kappa shape index (κ3) is 3.61. The van der Waals surface area contributed by atoms with E-state index in [1.54, 1.807) is 7.05 Å². The Balaban J connectivity index is 2.44. The molecule has 2 rings (SSSR count). The number of sulfonamides is 1. The summed E-state index contributed by atoms with van der Waals surface area (Å²) in [5.41, 5.74) is 1.92. The third-order valence-electron chi connectivity index (χ3n) is 3.67. The van der Waals surface area contributed by atoms with Gasteiger partial charge in [0.25, 0.3) is 5.91 Å². The van der Waals surface area contributed by atoms with E-state index in [0.717, 1.165) is 9.87 Å². The number of nitrogens with zero attached hydrogens (tertiary/aromatic N) is 2. The van der Waals surface area contributed by atoms with Crippen molar-refractivity contribution in [2.45, 2.75) is 11.8 Å². The highest BCUT2D eigenvalue weighted by Crippen LogP contribution is 2.25. The van der Waals surface area contributed by atoms with Gasteiger partial charge in [0.2, 0.25) is 10.0 Å². The Morgan fingerprint density at radius 1 is 1.00 bits per heavy atom. The topological polar surface area (TPSA) is 57.7 Å². The van der Waals surface area contributed by atoms with Crippen molar-refractivity contribution in [2.75, 3.05) is 26.0 Å². The normalized spacial score (nSPS) is 11.6. The van der Waals surface area contributed by atoms with Crippen molar-refractivity contribution in [1.29, 1.82) is 0 Å². The number of benzene rings is 2. The highest BCUT2D eigenvalue weighted by molar-refractivity contribution is 7.89. The van der Waals surface area contributed by atoms with E-state index in [-0.39, 0.29) is 21.4 Å². The first-order valence-electron chi connectivity index (χ1n) is 7.21. The molecular weight excluding hydrogens is 348 g/mol. The zero-order chi connectivity index (χ0) is 18.1. The van der Waals surface area contributed by atoms with Crippen LogP contribution in [0.2, 0.25) is 5.02 Å². The quantitative estimate of drug-likeness (QED) is 0.835. The van der Waals surface area contributed by atoms with E-state index in [9.17, 15) is 13.2 Å². The van der Waals surface area contributed by atoms with Crippen LogP contribution in [0.1, 0.15) is 15.9 Å². The summed E-state index contributed by atoms with van der Waals surface area (Å²) in [5, 5.41) is 0.205. The van der Waals surface area contributed by atoms with Gasteiger partial charge in [-0.05, 0) is 37.3 Å². The zero-order valence-electron chi connectivity index (χ0n) is 13.9. The van der Waals surface area contributed by atoms with Gasteiger partial charge in [0.05, 0.1) is 15.5 Å². The molecule has 0 unspecified atom stereocenters. The van der Waals surface area contributed by atoms with Crippen LogP contribution in [0.15, 0.2) is 47.4 Å². The molecule has 24 heavy (non-hydrogen) atoms. The third-order valence-corrected chi connectivity index (χ3v) is 5.81. The predicted molar refractivity (Wildman–Crippen MR) is 96.2 cm³/mol. The highest BCUT2D eigenvalue weighted by atomic mass is 35.5. The van der Waals surface area contributed by atoms with Gasteiger partial charge in [0.15, 0.2) is 0 Å². The van der Waals surface area contributed by atoms with E-state index in [2.05, 4.69) is 0 Å². The van der Waals surface area contributed by atoms with Gasteiger partial charge in [-0.15, -0.1) is 0 Å². The van der Waals surface area contributed by atoms with Crippen LogP contribution in [0.25, 0.3) is 0 Å². The molecule has 0 heterocycles. The summed E-state index contributed by atoms with van der Waals surface area (Å²) < 4.78 is 25.6. The summed E-state index contributed by atoms with van der Waals surface area (Å²) in [6, 6.07) is 11.6. The van der Waals surface area contributed by atoms with Gasteiger partial charge >= 0.3 is 0 Å². The fourth-order valence-electron chi connectivity index (χ4n) is 2.11. The molecule has 0 aliphatic rings. The SMILES string of the molecule is Cc1ccc(N(C)C(=O)c2cc(S(=O)(=O)N(C)C)ccc2Cl)cc1. The van der Waals surface area contributed by atoms with E-state index < -0.39 is 10.0 Å². The van der Waals surface area contributed by atoms with Crippen molar-refractivity contribution >= 4 is 33.2 Å². The Bertz CT molecular complexity index is 862. The van der Waals surface area contributed by atoms with Gasteiger partial charge in [0, 0.05) is 26.8 Å². The smallest absolute Gasteiger partial charge is 0.259 e. The van der Waals surface area contributed by atoms with Crippen LogP contribution in [0.5, 0.6) is 0 Å². The first-order valence-corrected chi connectivity index (χ1v) is 9.03. The molecule has 2 aromatic rings. The maximum atomic E-state index is 12.7. The Morgan fingerprint density at radius 2 is 1.58 bits per heavy atom. The number of carbonyl (C=O) groups excluding carboxylic acids is 1. The number of rotatable bonds is 4. The molecule has 2 aromatic carbocycles. The molecule has 0 fully saturated rings. The molecule has 0 radical (unpaired) electrons. The summed E-state index contributed by atoms with van der Waals surface area (Å²) in [4.78, 5) is 14.2. The molecule has 128 valence electrons. The number of halogens is 1. The molecule has 0 aliphatic heterocycles. The average molecular weight is 367 g/mol. The molecule has 0 saturated heterocycles. The second-order valence-corrected chi connectivity index (χ2v) is 8.19. The lowest BCUT2D eigenvalue weighted by Crippen LogP contribution is -2.27. The van der Waals surface area contributed by atoms with Crippen LogP contribution in [0, 0.1) is 6.92 Å². The van der Waals surface area contributed by atoms with Crippen LogP contribution >= 0.6 is 11.6 Å². The fourth-order valence-corrected chi connectivity index (χ4v) is 3.23. The number of carbonyl (C=O) groups is 1. The minimum atomic E-state index is -3.64.